The van der Waals surface area contributed by atoms with E-state index in [0.29, 0.717) is 0 Å². The zero-order chi connectivity index (χ0) is 13.1. The summed E-state index contributed by atoms with van der Waals surface area (Å²) in [5.74, 6) is 0. The Kier molecular flexibility index (Phi) is 3.82. The number of allylic oxidation sites excluding steroid dienone is 4. The van der Waals surface area contributed by atoms with E-state index < -0.39 is 7.92 Å². The van der Waals surface area contributed by atoms with Crippen LogP contribution in [0.3, 0.4) is 0 Å². The molecule has 2 aromatic rings. The Hall–Kier alpha value is -1.36. The molecule has 0 heterocycles. The fourth-order valence-corrected chi connectivity index (χ4v) is 5.14. The van der Waals surface area contributed by atoms with Crippen molar-refractivity contribution in [3.8, 4) is 0 Å². The quantitative estimate of drug-likeness (QED) is 0.727. The van der Waals surface area contributed by atoms with Crippen molar-refractivity contribution in [2.24, 2.45) is 0 Å². The highest BCUT2D eigenvalue weighted by molar-refractivity contribution is 7.76. The second-order valence-corrected chi connectivity index (χ2v) is 7.06. The number of hydrogen-bond donors (Lipinski definition) is 0. The van der Waals surface area contributed by atoms with Crippen LogP contribution < -0.4 is 10.6 Å². The Balaban J connectivity index is 2.10. The molecular formula is C17H14ClP. The third-order valence-electron chi connectivity index (χ3n) is 3.15. The Bertz CT molecular complexity index is 575. The van der Waals surface area contributed by atoms with Crippen LogP contribution >= 0.6 is 19.5 Å². The second-order valence-electron chi connectivity index (χ2n) is 4.41. The van der Waals surface area contributed by atoms with Gasteiger partial charge in [-0.1, -0.05) is 78.3 Å². The Morgan fingerprint density at radius 1 is 0.789 bits per heavy atom. The largest absolute Gasteiger partial charge is 0.0840 e. The molecule has 0 aromatic heterocycles. The van der Waals surface area contributed by atoms with Crippen molar-refractivity contribution in [1.82, 2.24) is 0 Å². The van der Waals surface area contributed by atoms with Gasteiger partial charge >= 0.3 is 0 Å². The van der Waals surface area contributed by atoms with Crippen molar-refractivity contribution in [3.63, 3.8) is 0 Å². The molecule has 1 aliphatic rings. The van der Waals surface area contributed by atoms with Crippen molar-refractivity contribution in [2.45, 2.75) is 6.42 Å². The van der Waals surface area contributed by atoms with E-state index in [0.717, 1.165) is 11.5 Å². The van der Waals surface area contributed by atoms with Crippen LogP contribution in [0.25, 0.3) is 0 Å². The molecule has 2 aromatic carbocycles. The molecule has 0 atom stereocenters. The average molecular weight is 285 g/mol. The van der Waals surface area contributed by atoms with Crippen LogP contribution in [-0.2, 0) is 0 Å². The van der Waals surface area contributed by atoms with Crippen molar-refractivity contribution in [1.29, 1.82) is 0 Å². The molecule has 19 heavy (non-hydrogen) atoms. The van der Waals surface area contributed by atoms with Gasteiger partial charge in [-0.2, -0.15) is 0 Å². The highest BCUT2D eigenvalue weighted by atomic mass is 35.5. The number of hydrogen-bond acceptors (Lipinski definition) is 0. The molecule has 2 heteroatoms. The number of halogens is 1. The van der Waals surface area contributed by atoms with Crippen LogP contribution in [0.1, 0.15) is 6.42 Å². The van der Waals surface area contributed by atoms with Gasteiger partial charge in [0.05, 0.1) is 0 Å². The smallest absolute Gasteiger partial charge is 0.0449 e. The maximum Gasteiger partial charge on any atom is 0.0449 e. The van der Waals surface area contributed by atoms with Gasteiger partial charge < -0.3 is 0 Å². The lowest BCUT2D eigenvalue weighted by molar-refractivity contribution is 1.40. The molecule has 0 bridgehead atoms. The first-order valence-electron chi connectivity index (χ1n) is 6.31. The maximum atomic E-state index is 6.38. The molecule has 0 amide bonds. The molecule has 3 rings (SSSR count). The van der Waals surface area contributed by atoms with Gasteiger partial charge in [0.1, 0.15) is 0 Å². The van der Waals surface area contributed by atoms with Crippen molar-refractivity contribution in [2.75, 3.05) is 0 Å². The Morgan fingerprint density at radius 3 is 1.74 bits per heavy atom. The van der Waals surface area contributed by atoms with Gasteiger partial charge in [-0.05, 0) is 36.3 Å². The first-order valence-corrected chi connectivity index (χ1v) is 8.03. The lowest BCUT2D eigenvalue weighted by atomic mass is 10.4. The van der Waals surface area contributed by atoms with E-state index in [1.54, 1.807) is 0 Å². The highest BCUT2D eigenvalue weighted by Crippen LogP contribution is 2.49. The molecular weight excluding hydrogens is 271 g/mol. The summed E-state index contributed by atoms with van der Waals surface area (Å²) in [5, 5.41) is 4.99. The van der Waals surface area contributed by atoms with E-state index in [2.05, 4.69) is 66.7 Å². The SMILES string of the molecule is ClC1=C(P(c2ccccc2)c2ccccc2)CC=C1. The van der Waals surface area contributed by atoms with Gasteiger partial charge in [-0.3, -0.25) is 0 Å². The van der Waals surface area contributed by atoms with E-state index in [-0.39, 0.29) is 0 Å². The van der Waals surface area contributed by atoms with Crippen LogP contribution in [0.15, 0.2) is 83.2 Å². The fraction of sp³-hybridized carbons (Fsp3) is 0.0588. The van der Waals surface area contributed by atoms with Gasteiger partial charge in [0.2, 0.25) is 0 Å². The van der Waals surface area contributed by atoms with Crippen molar-refractivity contribution >= 4 is 30.1 Å². The highest BCUT2D eigenvalue weighted by Gasteiger charge is 2.21. The van der Waals surface area contributed by atoms with Gasteiger partial charge in [0.25, 0.3) is 0 Å². The molecule has 0 fully saturated rings. The predicted molar refractivity (Wildman–Crippen MR) is 85.7 cm³/mol. The summed E-state index contributed by atoms with van der Waals surface area (Å²) in [6, 6.07) is 21.3. The van der Waals surface area contributed by atoms with Gasteiger partial charge in [0.15, 0.2) is 0 Å². The van der Waals surface area contributed by atoms with E-state index >= 15 is 0 Å². The zero-order valence-electron chi connectivity index (χ0n) is 10.5. The van der Waals surface area contributed by atoms with Crippen LogP contribution in [0, 0.1) is 0 Å². The molecule has 1 aliphatic carbocycles. The zero-order valence-corrected chi connectivity index (χ0v) is 12.1. The summed E-state index contributed by atoms with van der Waals surface area (Å²) >= 11 is 6.38. The molecule has 0 saturated carbocycles. The van der Waals surface area contributed by atoms with Crippen LogP contribution in [0.2, 0.25) is 0 Å². The fourth-order valence-electron chi connectivity index (χ4n) is 2.28. The maximum absolute atomic E-state index is 6.38. The summed E-state index contributed by atoms with van der Waals surface area (Å²) < 4.78 is 0. The molecule has 0 aliphatic heterocycles. The minimum absolute atomic E-state index is 0.506. The second kappa shape index (κ2) is 5.74. The van der Waals surface area contributed by atoms with Gasteiger partial charge in [0, 0.05) is 5.03 Å². The molecule has 0 spiro atoms. The molecule has 0 radical (unpaired) electrons. The topological polar surface area (TPSA) is 0 Å². The first kappa shape index (κ1) is 12.7. The van der Waals surface area contributed by atoms with E-state index in [4.69, 9.17) is 11.6 Å². The minimum atomic E-state index is -0.506. The summed E-state index contributed by atoms with van der Waals surface area (Å²) in [7, 11) is -0.506. The molecule has 0 unspecified atom stereocenters. The number of rotatable bonds is 3. The average Bonchev–Trinajstić information content (AvgIpc) is 2.88. The standard InChI is InChI=1S/C17H14ClP/c18-16-12-7-13-17(16)19(14-8-3-1-4-9-14)15-10-5-2-6-11-15/h1-12H,13H2. The van der Waals surface area contributed by atoms with Crippen LogP contribution in [-0.4, -0.2) is 0 Å². The molecule has 0 N–H and O–H groups in total. The van der Waals surface area contributed by atoms with E-state index in [1.165, 1.54) is 15.9 Å². The molecule has 94 valence electrons. The molecule has 0 saturated heterocycles. The summed E-state index contributed by atoms with van der Waals surface area (Å²) in [6.07, 6.45) is 5.14. The van der Waals surface area contributed by atoms with Crippen molar-refractivity contribution in [3.05, 3.63) is 83.2 Å². The monoisotopic (exact) mass is 284 g/mol. The Morgan fingerprint density at radius 2 is 1.32 bits per heavy atom. The third kappa shape index (κ3) is 2.66. The Labute approximate surface area is 120 Å². The predicted octanol–water partition coefficient (Wildman–Crippen LogP) is 4.53. The summed E-state index contributed by atoms with van der Waals surface area (Å²) in [5.41, 5.74) is 0. The number of benzene rings is 2. The van der Waals surface area contributed by atoms with E-state index in [9.17, 15) is 0 Å². The third-order valence-corrected chi connectivity index (χ3v) is 6.23. The first-order chi connectivity index (χ1) is 9.36. The molecule has 0 nitrogen and oxygen atoms in total. The van der Waals surface area contributed by atoms with Crippen molar-refractivity contribution < 1.29 is 0 Å². The summed E-state index contributed by atoms with van der Waals surface area (Å²) in [4.78, 5) is 0. The van der Waals surface area contributed by atoms with Crippen LogP contribution in [0.4, 0.5) is 0 Å². The summed E-state index contributed by atoms with van der Waals surface area (Å²) in [6.45, 7) is 0. The van der Waals surface area contributed by atoms with Gasteiger partial charge in [-0.25, -0.2) is 0 Å². The van der Waals surface area contributed by atoms with Crippen LogP contribution in [0.5, 0.6) is 0 Å². The lowest BCUT2D eigenvalue weighted by Gasteiger charge is -2.20. The van der Waals surface area contributed by atoms with E-state index in [1.807, 2.05) is 6.08 Å². The lowest BCUT2D eigenvalue weighted by Crippen LogP contribution is -2.12. The minimum Gasteiger partial charge on any atom is -0.0840 e. The van der Waals surface area contributed by atoms with Gasteiger partial charge in [-0.15, -0.1) is 0 Å². The normalized spacial score (nSPS) is 14.4.